The molecule has 2 rings (SSSR count). The number of fused-ring (bicyclic) bond motifs is 1. The summed E-state index contributed by atoms with van der Waals surface area (Å²) in [5.41, 5.74) is 6.81. The number of aromatic nitrogens is 2. The van der Waals surface area contributed by atoms with Crippen molar-refractivity contribution in [2.24, 2.45) is 0 Å². The Labute approximate surface area is 119 Å². The average Bonchev–Trinajstić information content (AvgIpc) is 2.75. The first-order valence-corrected chi connectivity index (χ1v) is 6.99. The first-order chi connectivity index (χ1) is 8.58. The molecule has 0 saturated heterocycles. The molecule has 0 unspecified atom stereocenters. The van der Waals surface area contributed by atoms with Crippen LogP contribution >= 0.6 is 22.6 Å². The van der Waals surface area contributed by atoms with Crippen molar-refractivity contribution in [3.63, 3.8) is 0 Å². The third-order valence-electron chi connectivity index (χ3n) is 3.12. The summed E-state index contributed by atoms with van der Waals surface area (Å²) in [6.45, 7) is 6.53. The number of nitrogens with one attached hydrogen (secondary N) is 1. The molecule has 18 heavy (non-hydrogen) atoms. The van der Waals surface area contributed by atoms with Crippen LogP contribution in [0.1, 0.15) is 19.4 Å². The van der Waals surface area contributed by atoms with E-state index in [2.05, 4.69) is 51.5 Å². The molecule has 0 fully saturated rings. The van der Waals surface area contributed by atoms with Gasteiger partial charge in [-0.1, -0.05) is 13.8 Å². The van der Waals surface area contributed by atoms with E-state index in [1.807, 2.05) is 6.07 Å². The predicted octanol–water partition coefficient (Wildman–Crippen LogP) is 2.73. The zero-order valence-corrected chi connectivity index (χ0v) is 12.6. The lowest BCUT2D eigenvalue weighted by Gasteiger charge is -2.18. The molecule has 1 aromatic heterocycles. The van der Waals surface area contributed by atoms with Crippen LogP contribution in [0.3, 0.4) is 0 Å². The van der Waals surface area contributed by atoms with Gasteiger partial charge < -0.3 is 5.73 Å². The van der Waals surface area contributed by atoms with Crippen molar-refractivity contribution in [3.05, 3.63) is 21.0 Å². The van der Waals surface area contributed by atoms with Crippen LogP contribution in [-0.4, -0.2) is 28.2 Å². The number of benzene rings is 1. The Morgan fingerprint density at radius 3 is 2.72 bits per heavy atom. The van der Waals surface area contributed by atoms with Crippen LogP contribution in [0.25, 0.3) is 10.9 Å². The van der Waals surface area contributed by atoms with Crippen LogP contribution in [0.5, 0.6) is 0 Å². The molecular formula is C12H16FIN4. The van der Waals surface area contributed by atoms with Gasteiger partial charge in [0.05, 0.1) is 5.39 Å². The van der Waals surface area contributed by atoms with E-state index in [0.717, 1.165) is 16.7 Å². The fraction of sp³-hybridized carbons (Fsp3) is 0.417. The van der Waals surface area contributed by atoms with E-state index in [1.54, 1.807) is 0 Å². The summed E-state index contributed by atoms with van der Waals surface area (Å²) in [7, 11) is 0. The lowest BCUT2D eigenvalue weighted by Crippen LogP contribution is -2.22. The molecule has 98 valence electrons. The number of H-pyrrole nitrogens is 1. The topological polar surface area (TPSA) is 57.9 Å². The van der Waals surface area contributed by atoms with Crippen molar-refractivity contribution in [1.29, 1.82) is 0 Å². The van der Waals surface area contributed by atoms with Crippen molar-refractivity contribution in [2.75, 3.05) is 18.8 Å². The van der Waals surface area contributed by atoms with E-state index in [1.165, 1.54) is 0 Å². The van der Waals surface area contributed by atoms with Gasteiger partial charge in [-0.05, 0) is 41.7 Å². The van der Waals surface area contributed by atoms with E-state index in [0.29, 0.717) is 28.8 Å². The SMILES string of the molecule is CCN(CC)Cc1cc(I)c2c(N)n[nH]c2c1F. The second-order valence-electron chi connectivity index (χ2n) is 4.15. The Morgan fingerprint density at radius 1 is 1.44 bits per heavy atom. The van der Waals surface area contributed by atoms with E-state index < -0.39 is 0 Å². The molecule has 4 nitrogen and oxygen atoms in total. The van der Waals surface area contributed by atoms with Crippen molar-refractivity contribution in [1.82, 2.24) is 15.1 Å². The Balaban J connectivity index is 2.49. The van der Waals surface area contributed by atoms with Crippen LogP contribution in [0, 0.1) is 9.39 Å². The molecule has 6 heteroatoms. The summed E-state index contributed by atoms with van der Waals surface area (Å²) in [5.74, 6) is 0.101. The van der Waals surface area contributed by atoms with Gasteiger partial charge in [-0.25, -0.2) is 4.39 Å². The number of rotatable bonds is 4. The molecular weight excluding hydrogens is 346 g/mol. The number of nitrogens with two attached hydrogens (primary N) is 1. The molecule has 1 aromatic carbocycles. The van der Waals surface area contributed by atoms with Crippen LogP contribution in [-0.2, 0) is 6.54 Å². The Morgan fingerprint density at radius 2 is 2.11 bits per heavy atom. The molecule has 1 heterocycles. The lowest BCUT2D eigenvalue weighted by atomic mass is 10.1. The van der Waals surface area contributed by atoms with Crippen LogP contribution in [0.2, 0.25) is 0 Å². The number of anilines is 1. The number of nitrogens with zero attached hydrogens (tertiary/aromatic N) is 2. The Hall–Kier alpha value is -0.890. The third kappa shape index (κ3) is 2.31. The number of hydrogen-bond donors (Lipinski definition) is 2. The lowest BCUT2D eigenvalue weighted by molar-refractivity contribution is 0.291. The summed E-state index contributed by atoms with van der Waals surface area (Å²) in [6.07, 6.45) is 0. The second kappa shape index (κ2) is 5.40. The highest BCUT2D eigenvalue weighted by molar-refractivity contribution is 14.1. The van der Waals surface area contributed by atoms with Gasteiger partial charge in [0.25, 0.3) is 0 Å². The Bertz CT molecular complexity index is 563. The number of hydrogen-bond acceptors (Lipinski definition) is 3. The first kappa shape index (κ1) is 13.5. The average molecular weight is 362 g/mol. The summed E-state index contributed by atoms with van der Waals surface area (Å²) in [4.78, 5) is 2.17. The van der Waals surface area contributed by atoms with Gasteiger partial charge in [-0.2, -0.15) is 5.10 Å². The van der Waals surface area contributed by atoms with Crippen molar-refractivity contribution in [2.45, 2.75) is 20.4 Å². The summed E-state index contributed by atoms with van der Waals surface area (Å²) < 4.78 is 15.3. The van der Waals surface area contributed by atoms with E-state index >= 15 is 0 Å². The first-order valence-electron chi connectivity index (χ1n) is 5.91. The van der Waals surface area contributed by atoms with Gasteiger partial charge in [0.1, 0.15) is 5.52 Å². The minimum Gasteiger partial charge on any atom is -0.382 e. The zero-order chi connectivity index (χ0) is 13.3. The predicted molar refractivity (Wildman–Crippen MR) is 79.8 cm³/mol. The highest BCUT2D eigenvalue weighted by Gasteiger charge is 2.16. The fourth-order valence-electron chi connectivity index (χ4n) is 2.01. The van der Waals surface area contributed by atoms with Gasteiger partial charge in [-0.15, -0.1) is 0 Å². The normalized spacial score (nSPS) is 11.6. The van der Waals surface area contributed by atoms with Crippen LogP contribution in [0.15, 0.2) is 6.07 Å². The summed E-state index contributed by atoms with van der Waals surface area (Å²) >= 11 is 2.17. The molecule has 0 bridgehead atoms. The monoisotopic (exact) mass is 362 g/mol. The van der Waals surface area contributed by atoms with Crippen molar-refractivity contribution >= 4 is 39.3 Å². The molecule has 0 aliphatic rings. The third-order valence-corrected chi connectivity index (χ3v) is 3.97. The number of nitrogen functional groups attached to an aromatic ring is 1. The molecule has 0 aliphatic heterocycles. The van der Waals surface area contributed by atoms with Crippen molar-refractivity contribution < 1.29 is 4.39 Å². The summed E-state index contributed by atoms with van der Waals surface area (Å²) in [6, 6.07) is 1.85. The van der Waals surface area contributed by atoms with Crippen LogP contribution < -0.4 is 5.73 Å². The molecule has 0 amide bonds. The van der Waals surface area contributed by atoms with Gasteiger partial charge >= 0.3 is 0 Å². The smallest absolute Gasteiger partial charge is 0.154 e. The second-order valence-corrected chi connectivity index (χ2v) is 5.31. The summed E-state index contributed by atoms with van der Waals surface area (Å²) in [5, 5.41) is 7.22. The highest BCUT2D eigenvalue weighted by Crippen LogP contribution is 2.29. The highest BCUT2D eigenvalue weighted by atomic mass is 127. The van der Waals surface area contributed by atoms with Gasteiger partial charge in [-0.3, -0.25) is 10.00 Å². The molecule has 2 aromatic rings. The Kier molecular flexibility index (Phi) is 4.06. The molecule has 0 atom stereocenters. The van der Waals surface area contributed by atoms with E-state index in [-0.39, 0.29) is 5.82 Å². The van der Waals surface area contributed by atoms with E-state index in [9.17, 15) is 4.39 Å². The molecule has 0 aliphatic carbocycles. The maximum atomic E-state index is 14.3. The number of halogens is 2. The number of aromatic amines is 1. The standard InChI is InChI=1S/C12H16FIN4/c1-3-18(4-2)6-7-5-8(14)9-11(10(7)13)16-17-12(9)15/h5H,3-4,6H2,1-2H3,(H3,15,16,17). The minimum absolute atomic E-state index is 0.249. The van der Waals surface area contributed by atoms with Gasteiger partial charge in [0, 0.05) is 15.7 Å². The van der Waals surface area contributed by atoms with E-state index in [4.69, 9.17) is 5.73 Å². The largest absolute Gasteiger partial charge is 0.382 e. The zero-order valence-electron chi connectivity index (χ0n) is 10.4. The van der Waals surface area contributed by atoms with Gasteiger partial charge in [0.2, 0.25) is 0 Å². The molecule has 0 spiro atoms. The minimum atomic E-state index is -0.249. The maximum Gasteiger partial charge on any atom is 0.154 e. The molecule has 0 radical (unpaired) electrons. The van der Waals surface area contributed by atoms with Gasteiger partial charge in [0.15, 0.2) is 11.6 Å². The fourth-order valence-corrected chi connectivity index (χ4v) is 2.93. The molecule has 3 N–H and O–H groups in total. The maximum absolute atomic E-state index is 14.3. The quantitative estimate of drug-likeness (QED) is 0.823. The van der Waals surface area contributed by atoms with Crippen LogP contribution in [0.4, 0.5) is 10.2 Å². The molecule has 0 saturated carbocycles. The van der Waals surface area contributed by atoms with Crippen molar-refractivity contribution in [3.8, 4) is 0 Å².